The number of amides is 1. The number of hydrogen-bond acceptors (Lipinski definition) is 4. The number of methoxy groups -OCH3 is 1. The maximum Gasteiger partial charge on any atom is 0.261 e. The number of carbonyl (C=O) groups excluding carboxylic acids is 1. The zero-order chi connectivity index (χ0) is 18.9. The van der Waals surface area contributed by atoms with Gasteiger partial charge in [-0.25, -0.2) is 0 Å². The highest BCUT2D eigenvalue weighted by atomic mass is 16.5. The lowest BCUT2D eigenvalue weighted by Gasteiger charge is -2.19. The Morgan fingerprint density at radius 2 is 1.77 bits per heavy atom. The van der Waals surface area contributed by atoms with Crippen LogP contribution in [0.25, 0.3) is 0 Å². The highest BCUT2D eigenvalue weighted by Crippen LogP contribution is 2.21. The van der Waals surface area contributed by atoms with Crippen molar-refractivity contribution in [2.45, 2.75) is 33.3 Å². The zero-order valence-electron chi connectivity index (χ0n) is 15.9. The van der Waals surface area contributed by atoms with Crippen molar-refractivity contribution in [1.82, 2.24) is 5.32 Å². The molecule has 2 aromatic carbocycles. The first-order valence-corrected chi connectivity index (χ1v) is 8.82. The van der Waals surface area contributed by atoms with E-state index in [1.165, 1.54) is 0 Å². The lowest BCUT2D eigenvalue weighted by molar-refractivity contribution is -0.128. The Bertz CT molecular complexity index is 712. The van der Waals surface area contributed by atoms with Crippen molar-refractivity contribution in [2.24, 2.45) is 0 Å². The summed E-state index contributed by atoms with van der Waals surface area (Å²) in [5.74, 6) is 2.13. The second-order valence-corrected chi connectivity index (χ2v) is 6.10. The Kier molecular flexibility index (Phi) is 7.33. The summed E-state index contributed by atoms with van der Waals surface area (Å²) < 4.78 is 16.6. The van der Waals surface area contributed by atoms with E-state index in [0.29, 0.717) is 19.6 Å². The van der Waals surface area contributed by atoms with E-state index in [2.05, 4.69) is 5.32 Å². The molecule has 0 spiro atoms. The first-order chi connectivity index (χ1) is 12.5. The van der Waals surface area contributed by atoms with E-state index in [4.69, 9.17) is 14.2 Å². The Morgan fingerprint density at radius 3 is 2.42 bits per heavy atom. The third-order valence-corrected chi connectivity index (χ3v) is 4.01. The van der Waals surface area contributed by atoms with Gasteiger partial charge >= 0.3 is 0 Å². The van der Waals surface area contributed by atoms with Gasteiger partial charge in [-0.2, -0.15) is 0 Å². The van der Waals surface area contributed by atoms with Gasteiger partial charge in [-0.3, -0.25) is 4.79 Å². The summed E-state index contributed by atoms with van der Waals surface area (Å²) in [4.78, 5) is 12.4. The third-order valence-electron chi connectivity index (χ3n) is 4.01. The summed E-state index contributed by atoms with van der Waals surface area (Å²) >= 11 is 0. The molecule has 1 atom stereocenters. The third kappa shape index (κ3) is 5.69. The average molecular weight is 357 g/mol. The van der Waals surface area contributed by atoms with Gasteiger partial charge in [-0.05, 0) is 61.7 Å². The number of benzene rings is 2. The molecule has 26 heavy (non-hydrogen) atoms. The SMILES string of the molecule is CCC(Oc1cc(C)ccc1C)C(=O)NCCOc1ccc(OC)cc1. The lowest BCUT2D eigenvalue weighted by Crippen LogP contribution is -2.39. The normalized spacial score (nSPS) is 11.5. The lowest BCUT2D eigenvalue weighted by atomic mass is 10.1. The summed E-state index contributed by atoms with van der Waals surface area (Å²) in [6.45, 7) is 6.71. The van der Waals surface area contributed by atoms with Crippen molar-refractivity contribution in [3.05, 3.63) is 53.6 Å². The maximum absolute atomic E-state index is 12.4. The average Bonchev–Trinajstić information content (AvgIpc) is 2.66. The van der Waals surface area contributed by atoms with Gasteiger partial charge in [-0.1, -0.05) is 19.1 Å². The molecule has 0 heterocycles. The van der Waals surface area contributed by atoms with Crippen LogP contribution in [0.3, 0.4) is 0 Å². The number of ether oxygens (including phenoxy) is 3. The van der Waals surface area contributed by atoms with Crippen LogP contribution in [0.2, 0.25) is 0 Å². The first-order valence-electron chi connectivity index (χ1n) is 8.82. The smallest absolute Gasteiger partial charge is 0.261 e. The highest BCUT2D eigenvalue weighted by molar-refractivity contribution is 5.81. The van der Waals surface area contributed by atoms with Gasteiger partial charge in [0.15, 0.2) is 6.10 Å². The van der Waals surface area contributed by atoms with E-state index in [1.807, 2.05) is 63.2 Å². The van der Waals surface area contributed by atoms with Gasteiger partial charge < -0.3 is 19.5 Å². The molecule has 0 fully saturated rings. The van der Waals surface area contributed by atoms with Crippen molar-refractivity contribution in [3.63, 3.8) is 0 Å². The standard InChI is InChI=1S/C21H27NO4/c1-5-19(26-20-14-15(2)6-7-16(20)3)21(23)22-12-13-25-18-10-8-17(24-4)9-11-18/h6-11,14,19H,5,12-13H2,1-4H3,(H,22,23). The van der Waals surface area contributed by atoms with Crippen molar-refractivity contribution < 1.29 is 19.0 Å². The van der Waals surface area contributed by atoms with Crippen LogP contribution in [0.4, 0.5) is 0 Å². The second kappa shape index (κ2) is 9.70. The predicted molar refractivity (Wildman–Crippen MR) is 102 cm³/mol. The molecule has 0 radical (unpaired) electrons. The molecule has 2 aromatic rings. The van der Waals surface area contributed by atoms with Gasteiger partial charge in [0, 0.05) is 0 Å². The molecule has 1 N–H and O–H groups in total. The maximum atomic E-state index is 12.4. The highest BCUT2D eigenvalue weighted by Gasteiger charge is 2.18. The molecule has 1 unspecified atom stereocenters. The van der Waals surface area contributed by atoms with Gasteiger partial charge in [0.05, 0.1) is 13.7 Å². The Balaban J connectivity index is 1.80. The fourth-order valence-corrected chi connectivity index (χ4v) is 2.44. The molecule has 0 aliphatic carbocycles. The predicted octanol–water partition coefficient (Wildman–Crippen LogP) is 3.66. The minimum Gasteiger partial charge on any atom is -0.497 e. The Morgan fingerprint density at radius 1 is 1.08 bits per heavy atom. The molecule has 0 saturated heterocycles. The van der Waals surface area contributed by atoms with E-state index in [-0.39, 0.29) is 5.91 Å². The minimum absolute atomic E-state index is 0.133. The molecule has 2 rings (SSSR count). The quantitative estimate of drug-likeness (QED) is 0.696. The molecule has 0 aromatic heterocycles. The number of rotatable bonds is 9. The monoisotopic (exact) mass is 357 g/mol. The van der Waals surface area contributed by atoms with Crippen molar-refractivity contribution in [2.75, 3.05) is 20.3 Å². The fourth-order valence-electron chi connectivity index (χ4n) is 2.44. The van der Waals surface area contributed by atoms with Crippen LogP contribution in [-0.2, 0) is 4.79 Å². The first kappa shape index (κ1) is 19.6. The molecule has 0 aliphatic rings. The molecule has 0 bridgehead atoms. The van der Waals surface area contributed by atoms with E-state index in [0.717, 1.165) is 28.4 Å². The van der Waals surface area contributed by atoms with Crippen LogP contribution in [0.5, 0.6) is 17.2 Å². The summed E-state index contributed by atoms with van der Waals surface area (Å²) in [7, 11) is 1.62. The summed E-state index contributed by atoms with van der Waals surface area (Å²) in [5.41, 5.74) is 2.12. The molecule has 1 amide bonds. The van der Waals surface area contributed by atoms with Gasteiger partial charge in [-0.15, -0.1) is 0 Å². The van der Waals surface area contributed by atoms with Crippen molar-refractivity contribution in [1.29, 1.82) is 0 Å². The van der Waals surface area contributed by atoms with Crippen LogP contribution in [-0.4, -0.2) is 32.3 Å². The van der Waals surface area contributed by atoms with E-state index < -0.39 is 6.10 Å². The van der Waals surface area contributed by atoms with Crippen LogP contribution in [0, 0.1) is 13.8 Å². The Hall–Kier alpha value is -2.69. The molecular weight excluding hydrogens is 330 g/mol. The second-order valence-electron chi connectivity index (χ2n) is 6.10. The largest absolute Gasteiger partial charge is 0.497 e. The van der Waals surface area contributed by atoms with Crippen LogP contribution in [0.1, 0.15) is 24.5 Å². The van der Waals surface area contributed by atoms with Crippen molar-refractivity contribution in [3.8, 4) is 17.2 Å². The molecule has 5 heteroatoms. The Labute approximate surface area is 155 Å². The molecule has 0 saturated carbocycles. The topological polar surface area (TPSA) is 56.8 Å². The number of aryl methyl sites for hydroxylation is 2. The van der Waals surface area contributed by atoms with Crippen molar-refractivity contribution >= 4 is 5.91 Å². The van der Waals surface area contributed by atoms with Crippen LogP contribution >= 0.6 is 0 Å². The molecule has 0 aliphatic heterocycles. The summed E-state index contributed by atoms with van der Waals surface area (Å²) in [6.07, 6.45) is 0.0786. The van der Waals surface area contributed by atoms with E-state index in [9.17, 15) is 4.79 Å². The molecular formula is C21H27NO4. The van der Waals surface area contributed by atoms with E-state index >= 15 is 0 Å². The molecule has 140 valence electrons. The van der Waals surface area contributed by atoms with Gasteiger partial charge in [0.25, 0.3) is 5.91 Å². The van der Waals surface area contributed by atoms with E-state index in [1.54, 1.807) is 7.11 Å². The molecule has 5 nitrogen and oxygen atoms in total. The number of hydrogen-bond donors (Lipinski definition) is 1. The van der Waals surface area contributed by atoms with Crippen LogP contribution < -0.4 is 19.5 Å². The van der Waals surface area contributed by atoms with Gasteiger partial charge in [0.2, 0.25) is 0 Å². The van der Waals surface area contributed by atoms with Gasteiger partial charge in [0.1, 0.15) is 23.9 Å². The minimum atomic E-state index is -0.517. The summed E-state index contributed by atoms with van der Waals surface area (Å²) in [6, 6.07) is 13.3. The number of nitrogens with one attached hydrogen (secondary N) is 1. The van der Waals surface area contributed by atoms with Crippen LogP contribution in [0.15, 0.2) is 42.5 Å². The zero-order valence-corrected chi connectivity index (χ0v) is 15.9. The fraction of sp³-hybridized carbons (Fsp3) is 0.381. The summed E-state index contributed by atoms with van der Waals surface area (Å²) in [5, 5.41) is 2.87. The number of carbonyl (C=O) groups is 1.